The molecule has 0 radical (unpaired) electrons. The third kappa shape index (κ3) is 8.95. The van der Waals surface area contributed by atoms with Crippen molar-refractivity contribution in [1.29, 1.82) is 0 Å². The monoisotopic (exact) mass is 630 g/mol. The third-order valence-electron chi connectivity index (χ3n) is 5.81. The van der Waals surface area contributed by atoms with Crippen LogP contribution < -0.4 is 0 Å². The molecule has 0 heterocycles. The van der Waals surface area contributed by atoms with Crippen LogP contribution in [0.3, 0.4) is 0 Å². The van der Waals surface area contributed by atoms with E-state index in [4.69, 9.17) is 55.5 Å². The standard InChI is InChI=1S/C25H36Cl4N2O4P2/c1-30(19-11-9-17-26)36(32,34-21-23-13-5-3-6-14-23)25(28,29)37(33,31(2)20-12-10-18-27)35-22-24-15-7-4-8-16-24/h3-8,13-16H,9-12,17-22H2,1-2H3. The molecule has 0 aliphatic heterocycles. The molecule has 0 saturated carbocycles. The summed E-state index contributed by atoms with van der Waals surface area (Å²) >= 11 is 25.6. The van der Waals surface area contributed by atoms with Crippen molar-refractivity contribution in [2.45, 2.75) is 42.7 Å². The molecule has 0 saturated heterocycles. The summed E-state index contributed by atoms with van der Waals surface area (Å²) in [6.07, 6.45) is 2.65. The van der Waals surface area contributed by atoms with Gasteiger partial charge in [-0.15, -0.1) is 23.2 Å². The van der Waals surface area contributed by atoms with Crippen molar-refractivity contribution in [1.82, 2.24) is 9.34 Å². The fraction of sp³-hybridized carbons (Fsp3) is 0.520. The Morgan fingerprint density at radius 3 is 1.35 bits per heavy atom. The van der Waals surface area contributed by atoms with Gasteiger partial charge in [0, 0.05) is 24.8 Å². The number of benzene rings is 2. The normalized spacial score (nSPS) is 15.6. The second kappa shape index (κ2) is 16.2. The Kier molecular flexibility index (Phi) is 14.5. The van der Waals surface area contributed by atoms with Crippen LogP contribution in [0.15, 0.2) is 60.7 Å². The molecule has 0 amide bonds. The van der Waals surface area contributed by atoms with E-state index in [2.05, 4.69) is 0 Å². The van der Waals surface area contributed by atoms with E-state index in [0.29, 0.717) is 50.5 Å². The molecule has 2 aromatic carbocycles. The van der Waals surface area contributed by atoms with Gasteiger partial charge in [-0.2, -0.15) is 0 Å². The van der Waals surface area contributed by atoms with E-state index in [1.807, 2.05) is 60.7 Å². The number of halogens is 4. The first-order valence-electron chi connectivity index (χ1n) is 12.1. The first kappa shape index (κ1) is 33.1. The lowest BCUT2D eigenvalue weighted by Gasteiger charge is -2.42. The van der Waals surface area contributed by atoms with Gasteiger partial charge in [-0.1, -0.05) is 83.9 Å². The van der Waals surface area contributed by atoms with Crippen LogP contribution in [0.4, 0.5) is 0 Å². The second-order valence-electron chi connectivity index (χ2n) is 8.62. The summed E-state index contributed by atoms with van der Waals surface area (Å²) in [6.45, 7) is 0.588. The van der Waals surface area contributed by atoms with Crippen molar-refractivity contribution in [3.8, 4) is 0 Å². The summed E-state index contributed by atoms with van der Waals surface area (Å²) in [5.41, 5.74) is 1.55. The highest BCUT2D eigenvalue weighted by Gasteiger charge is 2.65. The first-order valence-corrected chi connectivity index (χ1v) is 17.1. The van der Waals surface area contributed by atoms with Gasteiger partial charge in [0.25, 0.3) is 3.82 Å². The molecule has 208 valence electrons. The third-order valence-corrected chi connectivity index (χ3v) is 14.9. The van der Waals surface area contributed by atoms with E-state index in [1.54, 1.807) is 14.1 Å². The second-order valence-corrected chi connectivity index (χ2v) is 17.4. The minimum atomic E-state index is -4.19. The molecule has 0 fully saturated rings. The van der Waals surface area contributed by atoms with Gasteiger partial charge in [-0.05, 0) is 50.9 Å². The average Bonchev–Trinajstić information content (AvgIpc) is 2.91. The Balaban J connectivity index is 2.47. The molecule has 6 nitrogen and oxygen atoms in total. The highest BCUT2D eigenvalue weighted by Crippen LogP contribution is 2.82. The summed E-state index contributed by atoms with van der Waals surface area (Å²) < 4.78 is 42.0. The van der Waals surface area contributed by atoms with Crippen LogP contribution in [0.5, 0.6) is 0 Å². The molecule has 0 bridgehead atoms. The average molecular weight is 632 g/mol. The lowest BCUT2D eigenvalue weighted by Crippen LogP contribution is -2.35. The van der Waals surface area contributed by atoms with Gasteiger partial charge in [-0.25, -0.2) is 9.34 Å². The number of hydrogen-bond acceptors (Lipinski definition) is 4. The van der Waals surface area contributed by atoms with Crippen molar-refractivity contribution >= 4 is 61.4 Å². The molecule has 2 unspecified atom stereocenters. The number of nitrogens with zero attached hydrogens (tertiary/aromatic N) is 2. The van der Waals surface area contributed by atoms with Crippen molar-refractivity contribution < 1.29 is 18.2 Å². The van der Waals surface area contributed by atoms with Gasteiger partial charge in [0.15, 0.2) is 0 Å². The molecule has 2 atom stereocenters. The lowest BCUT2D eigenvalue weighted by atomic mass is 10.2. The molecule has 37 heavy (non-hydrogen) atoms. The van der Waals surface area contributed by atoms with Gasteiger partial charge in [0.1, 0.15) is 0 Å². The maximum absolute atomic E-state index is 14.7. The van der Waals surface area contributed by atoms with Gasteiger partial charge in [-0.3, -0.25) is 9.13 Å². The van der Waals surface area contributed by atoms with Gasteiger partial charge >= 0.3 is 15.0 Å². The van der Waals surface area contributed by atoms with Crippen molar-refractivity contribution in [2.24, 2.45) is 0 Å². The Labute approximate surface area is 241 Å². The highest BCUT2D eigenvalue weighted by atomic mass is 35.5. The molecule has 0 N–H and O–H groups in total. The van der Waals surface area contributed by atoms with Crippen LogP contribution in [0.2, 0.25) is 0 Å². The van der Waals surface area contributed by atoms with Crippen LogP contribution in [0.25, 0.3) is 0 Å². The van der Waals surface area contributed by atoms with Crippen LogP contribution >= 0.6 is 61.4 Å². The summed E-state index contributed by atoms with van der Waals surface area (Å²) in [5.74, 6) is 0.912. The number of unbranched alkanes of at least 4 members (excludes halogenated alkanes) is 2. The zero-order chi connectivity index (χ0) is 27.4. The van der Waals surface area contributed by atoms with E-state index in [9.17, 15) is 9.13 Å². The smallest absolute Gasteiger partial charge is 0.310 e. The number of rotatable bonds is 18. The molecule has 2 aromatic rings. The van der Waals surface area contributed by atoms with Crippen LogP contribution in [-0.4, -0.2) is 52.1 Å². The zero-order valence-electron chi connectivity index (χ0n) is 21.3. The molecule has 12 heteroatoms. The predicted octanol–water partition coefficient (Wildman–Crippen LogP) is 8.80. The fourth-order valence-electron chi connectivity index (χ4n) is 3.53. The molecule has 0 aliphatic carbocycles. The zero-order valence-corrected chi connectivity index (χ0v) is 26.1. The summed E-state index contributed by atoms with van der Waals surface area (Å²) in [7, 11) is -5.17. The predicted molar refractivity (Wildman–Crippen MR) is 157 cm³/mol. The van der Waals surface area contributed by atoms with Crippen LogP contribution in [0, 0.1) is 0 Å². The van der Waals surface area contributed by atoms with Gasteiger partial charge in [0.05, 0.1) is 13.2 Å². The largest absolute Gasteiger partial charge is 0.319 e. The van der Waals surface area contributed by atoms with Crippen molar-refractivity contribution in [2.75, 3.05) is 38.9 Å². The topological polar surface area (TPSA) is 59.1 Å². The van der Waals surface area contributed by atoms with Gasteiger partial charge < -0.3 is 9.05 Å². The van der Waals surface area contributed by atoms with E-state index in [1.165, 1.54) is 9.34 Å². The maximum atomic E-state index is 14.7. The Morgan fingerprint density at radius 1 is 0.676 bits per heavy atom. The van der Waals surface area contributed by atoms with Crippen LogP contribution in [0.1, 0.15) is 36.8 Å². The van der Waals surface area contributed by atoms with Crippen LogP contribution in [-0.2, 0) is 31.4 Å². The molecular weight excluding hydrogens is 596 g/mol. The molecule has 0 aromatic heterocycles. The molecule has 2 rings (SSSR count). The Bertz CT molecular complexity index is 939. The minimum Gasteiger partial charge on any atom is -0.310 e. The van der Waals surface area contributed by atoms with Gasteiger partial charge in [0.2, 0.25) is 0 Å². The summed E-state index contributed by atoms with van der Waals surface area (Å²) in [5, 5.41) is 0. The minimum absolute atomic E-state index is 0.0339. The van der Waals surface area contributed by atoms with Crippen molar-refractivity contribution in [3.63, 3.8) is 0 Å². The SMILES string of the molecule is CN(CCCCCl)P(=O)(OCc1ccccc1)C(Cl)(Cl)P(=O)(OCc1ccccc1)N(C)CCCCCl. The lowest BCUT2D eigenvalue weighted by molar-refractivity contribution is 0.241. The van der Waals surface area contributed by atoms with E-state index in [-0.39, 0.29) is 13.2 Å². The Morgan fingerprint density at radius 2 is 1.03 bits per heavy atom. The van der Waals surface area contributed by atoms with E-state index < -0.39 is 18.9 Å². The maximum Gasteiger partial charge on any atom is 0.319 e. The Hall–Kier alpha value is -0.100. The fourth-order valence-corrected chi connectivity index (χ4v) is 11.6. The number of hydrogen-bond donors (Lipinski definition) is 0. The van der Waals surface area contributed by atoms with E-state index >= 15 is 0 Å². The molecular formula is C25H36Cl4N2O4P2. The van der Waals surface area contributed by atoms with Crippen molar-refractivity contribution in [3.05, 3.63) is 71.8 Å². The highest BCUT2D eigenvalue weighted by molar-refractivity contribution is 7.82. The first-order chi connectivity index (χ1) is 17.6. The summed E-state index contributed by atoms with van der Waals surface area (Å²) in [6, 6.07) is 18.5. The van der Waals surface area contributed by atoms with E-state index in [0.717, 1.165) is 11.1 Å². The molecule has 0 aliphatic rings. The number of alkyl halides is 4. The quantitative estimate of drug-likeness (QED) is 0.0931. The summed E-state index contributed by atoms with van der Waals surface area (Å²) in [4.78, 5) is 0. The molecule has 0 spiro atoms.